The molecule has 0 bridgehead atoms. The van der Waals surface area contributed by atoms with Gasteiger partial charge in [-0.05, 0) is 17.7 Å². The molecule has 0 saturated carbocycles. The van der Waals surface area contributed by atoms with Gasteiger partial charge in [-0.25, -0.2) is 4.79 Å². The van der Waals surface area contributed by atoms with Gasteiger partial charge in [0, 0.05) is 0 Å². The lowest BCUT2D eigenvalue weighted by atomic mass is 10.2. The summed E-state index contributed by atoms with van der Waals surface area (Å²) in [4.78, 5) is 27.2. The number of aromatic nitrogens is 2. The third-order valence-electron chi connectivity index (χ3n) is 3.14. The van der Waals surface area contributed by atoms with E-state index in [2.05, 4.69) is 4.98 Å². The lowest BCUT2D eigenvalue weighted by Crippen LogP contribution is -2.35. The quantitative estimate of drug-likeness (QED) is 0.786. The summed E-state index contributed by atoms with van der Waals surface area (Å²) in [6.45, 7) is 0.218. The minimum absolute atomic E-state index is 0.218. The minimum Gasteiger partial charge on any atom is -0.307 e. The summed E-state index contributed by atoms with van der Waals surface area (Å²) >= 11 is 6.05. The van der Waals surface area contributed by atoms with Crippen LogP contribution < -0.4 is 11.2 Å². The fourth-order valence-corrected chi connectivity index (χ4v) is 2.42. The van der Waals surface area contributed by atoms with E-state index >= 15 is 0 Å². The SMILES string of the molecule is O=c1[nH]c2cccc(Cl)c2c(=O)n1Cc1ccccc1. The maximum absolute atomic E-state index is 12.4. The molecule has 5 heteroatoms. The molecular formula is C15H11ClN2O2. The van der Waals surface area contributed by atoms with Crippen LogP contribution in [-0.4, -0.2) is 9.55 Å². The van der Waals surface area contributed by atoms with Gasteiger partial charge in [0.15, 0.2) is 0 Å². The summed E-state index contributed by atoms with van der Waals surface area (Å²) in [5.74, 6) is 0. The summed E-state index contributed by atoms with van der Waals surface area (Å²) in [5, 5.41) is 0.676. The molecule has 0 aliphatic heterocycles. The number of halogens is 1. The van der Waals surface area contributed by atoms with Crippen LogP contribution in [0.15, 0.2) is 58.1 Å². The summed E-state index contributed by atoms with van der Waals surface area (Å²) in [5.41, 5.74) is 0.523. The van der Waals surface area contributed by atoms with Crippen LogP contribution in [0.3, 0.4) is 0 Å². The van der Waals surface area contributed by atoms with Crippen molar-refractivity contribution in [3.8, 4) is 0 Å². The van der Waals surface area contributed by atoms with Crippen LogP contribution >= 0.6 is 11.6 Å². The molecule has 3 rings (SSSR count). The maximum atomic E-state index is 12.4. The Morgan fingerprint density at radius 3 is 2.50 bits per heavy atom. The number of H-pyrrole nitrogens is 1. The van der Waals surface area contributed by atoms with Crippen molar-refractivity contribution in [1.82, 2.24) is 9.55 Å². The van der Waals surface area contributed by atoms with Crippen LogP contribution in [0.1, 0.15) is 5.56 Å². The molecule has 0 radical (unpaired) electrons. The van der Waals surface area contributed by atoms with Gasteiger partial charge >= 0.3 is 5.69 Å². The molecule has 1 heterocycles. The van der Waals surface area contributed by atoms with Gasteiger partial charge in [-0.3, -0.25) is 9.36 Å². The average Bonchev–Trinajstić information content (AvgIpc) is 2.44. The molecule has 0 fully saturated rings. The monoisotopic (exact) mass is 286 g/mol. The zero-order valence-corrected chi connectivity index (χ0v) is 11.2. The Morgan fingerprint density at radius 1 is 1.00 bits per heavy atom. The van der Waals surface area contributed by atoms with Crippen molar-refractivity contribution < 1.29 is 0 Å². The van der Waals surface area contributed by atoms with Crippen LogP contribution in [-0.2, 0) is 6.54 Å². The van der Waals surface area contributed by atoms with Crippen LogP contribution in [0, 0.1) is 0 Å². The molecule has 0 amide bonds. The van der Waals surface area contributed by atoms with Gasteiger partial charge in [0.25, 0.3) is 5.56 Å². The van der Waals surface area contributed by atoms with Gasteiger partial charge in [-0.1, -0.05) is 48.0 Å². The van der Waals surface area contributed by atoms with Crippen molar-refractivity contribution in [2.24, 2.45) is 0 Å². The Hall–Kier alpha value is -2.33. The Bertz CT molecular complexity index is 882. The van der Waals surface area contributed by atoms with E-state index in [4.69, 9.17) is 11.6 Å². The van der Waals surface area contributed by atoms with Crippen LogP contribution in [0.4, 0.5) is 0 Å². The van der Waals surface area contributed by atoms with E-state index in [9.17, 15) is 9.59 Å². The molecule has 0 atom stereocenters. The molecule has 0 aliphatic carbocycles. The van der Waals surface area contributed by atoms with E-state index in [0.29, 0.717) is 15.9 Å². The van der Waals surface area contributed by atoms with E-state index < -0.39 is 5.69 Å². The number of fused-ring (bicyclic) bond motifs is 1. The summed E-state index contributed by atoms with van der Waals surface area (Å²) < 4.78 is 1.16. The predicted molar refractivity (Wildman–Crippen MR) is 79.4 cm³/mol. The van der Waals surface area contributed by atoms with E-state index in [-0.39, 0.29) is 12.1 Å². The number of nitrogens with one attached hydrogen (secondary N) is 1. The van der Waals surface area contributed by atoms with Gasteiger partial charge in [-0.15, -0.1) is 0 Å². The predicted octanol–water partition coefficient (Wildman–Crippen LogP) is 2.39. The van der Waals surface area contributed by atoms with Crippen molar-refractivity contribution in [2.45, 2.75) is 6.54 Å². The molecule has 0 spiro atoms. The number of benzene rings is 2. The first kappa shape index (κ1) is 12.7. The molecule has 3 aromatic rings. The van der Waals surface area contributed by atoms with E-state index in [1.165, 1.54) is 0 Å². The number of nitrogens with zero attached hydrogens (tertiary/aromatic N) is 1. The molecule has 0 saturated heterocycles. The van der Waals surface area contributed by atoms with Gasteiger partial charge in [-0.2, -0.15) is 0 Å². The summed E-state index contributed by atoms with van der Waals surface area (Å²) in [6, 6.07) is 14.3. The van der Waals surface area contributed by atoms with Crippen molar-refractivity contribution in [2.75, 3.05) is 0 Å². The van der Waals surface area contributed by atoms with Crippen molar-refractivity contribution in [1.29, 1.82) is 0 Å². The topological polar surface area (TPSA) is 54.9 Å². The smallest absolute Gasteiger partial charge is 0.307 e. The second-order valence-electron chi connectivity index (χ2n) is 4.47. The molecule has 1 N–H and O–H groups in total. The molecule has 2 aromatic carbocycles. The third-order valence-corrected chi connectivity index (χ3v) is 3.46. The Labute approximate surface area is 119 Å². The Kier molecular flexibility index (Phi) is 3.16. The molecule has 0 aliphatic rings. The zero-order chi connectivity index (χ0) is 14.1. The molecule has 4 nitrogen and oxygen atoms in total. The zero-order valence-electron chi connectivity index (χ0n) is 10.5. The first-order valence-electron chi connectivity index (χ1n) is 6.12. The standard InChI is InChI=1S/C15H11ClN2O2/c16-11-7-4-8-12-13(11)14(19)18(15(20)17-12)9-10-5-2-1-3-6-10/h1-8H,9H2,(H,17,20). The molecular weight excluding hydrogens is 276 g/mol. The van der Waals surface area contributed by atoms with Crippen molar-refractivity contribution in [3.05, 3.63) is 80.0 Å². The van der Waals surface area contributed by atoms with Crippen LogP contribution in [0.2, 0.25) is 5.02 Å². The van der Waals surface area contributed by atoms with Gasteiger partial charge in [0.05, 0.1) is 22.5 Å². The third kappa shape index (κ3) is 2.14. The van der Waals surface area contributed by atoms with Crippen molar-refractivity contribution >= 4 is 22.5 Å². The fourth-order valence-electron chi connectivity index (χ4n) is 2.17. The van der Waals surface area contributed by atoms with Crippen molar-refractivity contribution in [3.63, 3.8) is 0 Å². The largest absolute Gasteiger partial charge is 0.329 e. The highest BCUT2D eigenvalue weighted by Gasteiger charge is 2.10. The normalized spacial score (nSPS) is 10.8. The maximum Gasteiger partial charge on any atom is 0.329 e. The highest BCUT2D eigenvalue weighted by Crippen LogP contribution is 2.16. The number of hydrogen-bond donors (Lipinski definition) is 1. The molecule has 0 unspecified atom stereocenters. The fraction of sp³-hybridized carbons (Fsp3) is 0.0667. The van der Waals surface area contributed by atoms with Crippen LogP contribution in [0.25, 0.3) is 10.9 Å². The highest BCUT2D eigenvalue weighted by atomic mass is 35.5. The van der Waals surface area contributed by atoms with Gasteiger partial charge in [0.2, 0.25) is 0 Å². The Morgan fingerprint density at radius 2 is 1.75 bits per heavy atom. The van der Waals surface area contributed by atoms with E-state index in [1.54, 1.807) is 18.2 Å². The lowest BCUT2D eigenvalue weighted by molar-refractivity contribution is 0.712. The van der Waals surface area contributed by atoms with E-state index in [1.807, 2.05) is 30.3 Å². The van der Waals surface area contributed by atoms with E-state index in [0.717, 1.165) is 10.1 Å². The number of hydrogen-bond acceptors (Lipinski definition) is 2. The summed E-state index contributed by atoms with van der Waals surface area (Å²) in [7, 11) is 0. The molecule has 100 valence electrons. The van der Waals surface area contributed by atoms with Gasteiger partial charge < -0.3 is 4.98 Å². The first-order valence-corrected chi connectivity index (χ1v) is 6.50. The van der Waals surface area contributed by atoms with Crippen LogP contribution in [0.5, 0.6) is 0 Å². The molecule has 1 aromatic heterocycles. The number of aromatic amines is 1. The molecule has 20 heavy (non-hydrogen) atoms. The highest BCUT2D eigenvalue weighted by molar-refractivity contribution is 6.35. The number of rotatable bonds is 2. The second kappa shape index (κ2) is 4.98. The second-order valence-corrected chi connectivity index (χ2v) is 4.88. The lowest BCUT2D eigenvalue weighted by Gasteiger charge is -2.07. The average molecular weight is 287 g/mol. The first-order chi connectivity index (χ1) is 9.66. The summed E-state index contributed by atoms with van der Waals surface area (Å²) in [6.07, 6.45) is 0. The van der Waals surface area contributed by atoms with Gasteiger partial charge in [0.1, 0.15) is 0 Å². The minimum atomic E-state index is -0.436. The Balaban J connectivity index is 2.24.